The maximum atomic E-state index is 14.9. The summed E-state index contributed by atoms with van der Waals surface area (Å²) in [6, 6.07) is -8.40. The zero-order valence-corrected chi connectivity index (χ0v) is 40.6. The number of hydrogen-bond acceptors (Lipinski definition) is 10. The molecule has 2 aliphatic rings. The van der Waals surface area contributed by atoms with Gasteiger partial charge in [0.25, 0.3) is 0 Å². The average Bonchev–Trinajstić information content (AvgIpc) is 3.22. The first-order valence-electron chi connectivity index (χ1n) is 22.9. The molecule has 0 saturated carbocycles. The van der Waals surface area contributed by atoms with Gasteiger partial charge in [-0.2, -0.15) is 0 Å². The van der Waals surface area contributed by atoms with Crippen LogP contribution in [0.15, 0.2) is 12.7 Å². The Morgan fingerprint density at radius 3 is 1.84 bits per heavy atom. The summed E-state index contributed by atoms with van der Waals surface area (Å²) in [7, 11) is 5.92. The number of carbonyl (C=O) groups is 6. The molecule has 2 saturated heterocycles. The minimum atomic E-state index is -1.87. The lowest BCUT2D eigenvalue weighted by atomic mass is 9.85. The van der Waals surface area contributed by atoms with E-state index in [0.29, 0.717) is 19.3 Å². The number of rotatable bonds is 12. The molecule has 2 heterocycles. The highest BCUT2D eigenvalue weighted by atomic mass is 16.3. The van der Waals surface area contributed by atoms with E-state index in [1.165, 1.54) is 40.7 Å². The number of amides is 6. The Labute approximate surface area is 372 Å². The third-order valence-electron chi connectivity index (χ3n) is 13.6. The molecule has 5 N–H and O–H groups in total. The predicted molar refractivity (Wildman–Crippen MR) is 240 cm³/mol. The van der Waals surface area contributed by atoms with Crippen molar-refractivity contribution >= 4 is 35.4 Å². The smallest absolute Gasteiger partial charge is 0.248 e. The summed E-state index contributed by atoms with van der Waals surface area (Å²) in [5, 5.41) is 41.8. The maximum absolute atomic E-state index is 14.9. The third-order valence-corrected chi connectivity index (χ3v) is 13.6. The number of fused-ring (bicyclic) bond motifs is 1. The van der Waals surface area contributed by atoms with Crippen LogP contribution in [-0.2, 0) is 28.8 Å². The number of nitrogens with zero attached hydrogens (tertiary/aromatic N) is 5. The van der Waals surface area contributed by atoms with Crippen molar-refractivity contribution < 1.29 is 44.1 Å². The van der Waals surface area contributed by atoms with Gasteiger partial charge in [0.2, 0.25) is 35.4 Å². The molecule has 0 aromatic rings. The average molecular weight is 878 g/mol. The Bertz CT molecular complexity index is 1560. The molecule has 356 valence electrons. The molecule has 0 bridgehead atoms. The van der Waals surface area contributed by atoms with Gasteiger partial charge in [-0.05, 0) is 76.2 Å². The van der Waals surface area contributed by atoms with Crippen LogP contribution in [0.4, 0.5) is 0 Å². The van der Waals surface area contributed by atoms with Crippen molar-refractivity contribution in [1.29, 1.82) is 0 Å². The summed E-state index contributed by atoms with van der Waals surface area (Å²) in [5.41, 5.74) is -1.87. The Balaban J connectivity index is 3.01. The van der Waals surface area contributed by atoms with Crippen LogP contribution in [0.2, 0.25) is 0 Å². The molecule has 16 nitrogen and oxygen atoms in total. The van der Waals surface area contributed by atoms with Gasteiger partial charge in [0.15, 0.2) is 0 Å². The summed E-state index contributed by atoms with van der Waals surface area (Å²) in [5.74, 6) is -5.41. The van der Waals surface area contributed by atoms with E-state index in [9.17, 15) is 44.1 Å². The molecule has 0 radical (unpaired) electrons. The van der Waals surface area contributed by atoms with Gasteiger partial charge >= 0.3 is 0 Å². The first-order valence-corrected chi connectivity index (χ1v) is 22.9. The Morgan fingerprint density at radius 1 is 0.758 bits per heavy atom. The summed E-state index contributed by atoms with van der Waals surface area (Å²) in [6.07, 6.45) is 2.11. The van der Waals surface area contributed by atoms with Gasteiger partial charge in [0.1, 0.15) is 35.9 Å². The summed E-state index contributed by atoms with van der Waals surface area (Å²) in [6.45, 7) is 23.5. The van der Waals surface area contributed by atoms with Crippen LogP contribution >= 0.6 is 0 Å². The molecule has 12 atom stereocenters. The van der Waals surface area contributed by atoms with E-state index in [1.807, 2.05) is 34.6 Å². The molecule has 0 aromatic heterocycles. The van der Waals surface area contributed by atoms with E-state index in [0.717, 1.165) is 17.7 Å². The Kier molecular flexibility index (Phi) is 20.6. The lowest BCUT2D eigenvalue weighted by molar-refractivity contribution is -0.190. The fourth-order valence-electron chi connectivity index (χ4n) is 9.34. The van der Waals surface area contributed by atoms with E-state index in [2.05, 4.69) is 17.2 Å². The molecule has 0 spiro atoms. The van der Waals surface area contributed by atoms with Crippen molar-refractivity contribution in [2.45, 2.75) is 181 Å². The highest BCUT2D eigenvalue weighted by Crippen LogP contribution is 2.34. The lowest BCUT2D eigenvalue weighted by Gasteiger charge is -2.51. The molecule has 62 heavy (non-hydrogen) atoms. The quantitative estimate of drug-likeness (QED) is 0.182. The van der Waals surface area contributed by atoms with Crippen molar-refractivity contribution in [3.05, 3.63) is 12.7 Å². The van der Waals surface area contributed by atoms with Crippen LogP contribution in [0.25, 0.3) is 0 Å². The summed E-state index contributed by atoms with van der Waals surface area (Å²) < 4.78 is 0. The van der Waals surface area contributed by atoms with Crippen LogP contribution in [0, 0.1) is 29.6 Å². The van der Waals surface area contributed by atoms with Crippen molar-refractivity contribution in [3.63, 3.8) is 0 Å². The summed E-state index contributed by atoms with van der Waals surface area (Å²) >= 11 is 0. The molecule has 12 unspecified atom stereocenters. The van der Waals surface area contributed by atoms with Gasteiger partial charge in [-0.25, -0.2) is 0 Å². The van der Waals surface area contributed by atoms with E-state index in [4.69, 9.17) is 0 Å². The van der Waals surface area contributed by atoms with Gasteiger partial charge in [-0.3, -0.25) is 33.7 Å². The number of nitrogens with one attached hydrogen (secondary N) is 2. The van der Waals surface area contributed by atoms with E-state index < -0.39 is 113 Å². The normalized spacial score (nSPS) is 31.5. The van der Waals surface area contributed by atoms with E-state index in [-0.39, 0.29) is 31.2 Å². The molecule has 6 amide bonds. The van der Waals surface area contributed by atoms with Crippen LogP contribution < -0.4 is 10.6 Å². The minimum absolute atomic E-state index is 0.0931. The first-order chi connectivity index (χ1) is 28.7. The highest BCUT2D eigenvalue weighted by molar-refractivity contribution is 5.97. The standard InChI is InChI=1S/C46H83N7O9/c1-17-20-32-21-23-53-34(25-32)40(56)48-35(37(54)26(4)5)45(61)51(15)39(28(8)9)46(62,22-18-2)52(16)31(12)42(58)50(14)36(38(55)27(6)7)41(57)47-33(24-29(10)19-3)44(60)49(13)30(11)43(53)59/h19,26-39,54-55,62H,3,17-18,20-25H2,1-2,4-16H3,(H,47,57)(H,48,56). The number of piperidine rings is 1. The molecular weight excluding hydrogens is 795 g/mol. The molecule has 0 aliphatic carbocycles. The van der Waals surface area contributed by atoms with Crippen LogP contribution in [0.3, 0.4) is 0 Å². The molecular formula is C46H83N7O9. The van der Waals surface area contributed by atoms with Gasteiger partial charge in [-0.15, -0.1) is 6.58 Å². The zero-order chi connectivity index (χ0) is 47.7. The Hall–Kier alpha value is -3.60. The molecule has 2 rings (SSSR count). The molecule has 16 heteroatoms. The monoisotopic (exact) mass is 878 g/mol. The van der Waals surface area contributed by atoms with Crippen molar-refractivity contribution in [1.82, 2.24) is 35.1 Å². The number of carbonyl (C=O) groups excluding carboxylic acids is 6. The fraction of sp³-hybridized carbons (Fsp3) is 0.826. The maximum Gasteiger partial charge on any atom is 0.248 e. The first kappa shape index (κ1) is 54.5. The number of hydrogen-bond donors (Lipinski definition) is 5. The Morgan fingerprint density at radius 2 is 1.34 bits per heavy atom. The van der Waals surface area contributed by atoms with Crippen molar-refractivity contribution in [2.75, 3.05) is 34.7 Å². The number of likely N-dealkylation sites (N-methyl/N-ethyl adjacent to an activating group) is 4. The predicted octanol–water partition coefficient (Wildman–Crippen LogP) is 2.59. The van der Waals surface area contributed by atoms with Crippen molar-refractivity contribution in [3.8, 4) is 0 Å². The second-order valence-corrected chi connectivity index (χ2v) is 19.3. The second-order valence-electron chi connectivity index (χ2n) is 19.3. The van der Waals surface area contributed by atoms with Gasteiger partial charge < -0.3 is 45.6 Å². The second kappa shape index (κ2) is 23.4. The summed E-state index contributed by atoms with van der Waals surface area (Å²) in [4.78, 5) is 94.3. The zero-order valence-electron chi connectivity index (χ0n) is 40.6. The van der Waals surface area contributed by atoms with Gasteiger partial charge in [0, 0.05) is 27.7 Å². The molecule has 2 aliphatic heterocycles. The lowest BCUT2D eigenvalue weighted by Crippen LogP contribution is -2.69. The highest BCUT2D eigenvalue weighted by Gasteiger charge is 2.51. The topological polar surface area (TPSA) is 203 Å². The van der Waals surface area contributed by atoms with Gasteiger partial charge in [-0.1, -0.05) is 87.7 Å². The van der Waals surface area contributed by atoms with Crippen LogP contribution in [0.5, 0.6) is 0 Å². The van der Waals surface area contributed by atoms with E-state index >= 15 is 0 Å². The van der Waals surface area contributed by atoms with Crippen LogP contribution in [-0.4, -0.2) is 170 Å². The van der Waals surface area contributed by atoms with Crippen molar-refractivity contribution in [2.24, 2.45) is 29.6 Å². The number of aliphatic hydroxyl groups is 3. The molecule has 2 fully saturated rings. The van der Waals surface area contributed by atoms with E-state index in [1.54, 1.807) is 54.7 Å². The molecule has 0 aromatic carbocycles. The number of allylic oxidation sites excluding steroid dienone is 1. The minimum Gasteiger partial charge on any atom is -0.390 e. The van der Waals surface area contributed by atoms with Crippen LogP contribution in [0.1, 0.15) is 121 Å². The SMILES string of the molecule is C=CC(C)CC1NC(=O)C(C(O)C(C)C)N(C)C(=O)C(C)N(C)C(O)(CCC)C(C(C)C)N(C)C(=O)C(C(O)C(C)C)NC(=O)C2CC(CCC)CCN2C(=O)C(C)N(C)C1=O. The third kappa shape index (κ3) is 12.3. The fourth-order valence-corrected chi connectivity index (χ4v) is 9.34. The van der Waals surface area contributed by atoms with Gasteiger partial charge in [0.05, 0.1) is 24.3 Å². The number of aliphatic hydroxyl groups excluding tert-OH is 2. The largest absolute Gasteiger partial charge is 0.390 e.